The van der Waals surface area contributed by atoms with Crippen LogP contribution in [-0.2, 0) is 23.9 Å². The zero-order valence-corrected chi connectivity index (χ0v) is 21.2. The van der Waals surface area contributed by atoms with Crippen LogP contribution in [0.2, 0.25) is 0 Å². The Balaban J connectivity index is 1.49. The van der Waals surface area contributed by atoms with E-state index in [4.69, 9.17) is 0 Å². The van der Waals surface area contributed by atoms with Gasteiger partial charge in [0.25, 0.3) is 0 Å². The lowest BCUT2D eigenvalue weighted by molar-refractivity contribution is -0.137. The van der Waals surface area contributed by atoms with Crippen molar-refractivity contribution in [3.63, 3.8) is 0 Å². The molecule has 3 aromatic carbocycles. The van der Waals surface area contributed by atoms with Gasteiger partial charge in [-0.15, -0.1) is 0 Å². The predicted octanol–water partition coefficient (Wildman–Crippen LogP) is 6.98. The zero-order valence-electron chi connectivity index (χ0n) is 21.2. The smallest absolute Gasteiger partial charge is 0.356 e. The molecule has 7 heteroatoms. The third-order valence-electron chi connectivity index (χ3n) is 6.83. The number of carbonyl (C=O) groups is 1. The summed E-state index contributed by atoms with van der Waals surface area (Å²) in [7, 11) is 0. The number of nitrogens with one attached hydrogen (secondary N) is 1. The largest absolute Gasteiger partial charge is 0.416 e. The van der Waals surface area contributed by atoms with Crippen molar-refractivity contribution < 1.29 is 18.0 Å². The Kier molecular flexibility index (Phi) is 7.77. The molecule has 0 unspecified atom stereocenters. The third-order valence-corrected chi connectivity index (χ3v) is 6.83. The highest BCUT2D eigenvalue weighted by Crippen LogP contribution is 2.38. The van der Waals surface area contributed by atoms with E-state index in [1.54, 1.807) is 12.3 Å². The van der Waals surface area contributed by atoms with Gasteiger partial charge in [0, 0.05) is 60.8 Å². The summed E-state index contributed by atoms with van der Waals surface area (Å²) in [5.41, 5.74) is 3.47. The second-order valence-electron chi connectivity index (χ2n) is 9.52. The molecule has 0 aliphatic heterocycles. The molecule has 0 bridgehead atoms. The van der Waals surface area contributed by atoms with E-state index in [0.29, 0.717) is 25.1 Å². The maximum atomic E-state index is 13.6. The van der Waals surface area contributed by atoms with E-state index in [1.165, 1.54) is 6.07 Å². The van der Waals surface area contributed by atoms with Gasteiger partial charge in [-0.25, -0.2) is 0 Å². The van der Waals surface area contributed by atoms with Crippen molar-refractivity contribution in [2.75, 3.05) is 6.54 Å². The third kappa shape index (κ3) is 6.37. The maximum Gasteiger partial charge on any atom is 0.416 e. The number of pyridine rings is 1. The molecule has 0 spiro atoms. The monoisotopic (exact) mass is 527 g/mol. The molecule has 1 amide bonds. The molecule has 2 aromatic heterocycles. The molecule has 4 nitrogen and oxygen atoms in total. The van der Waals surface area contributed by atoms with E-state index in [0.717, 1.165) is 39.9 Å². The number of alkyl halides is 3. The lowest BCUT2D eigenvalue weighted by atomic mass is 9.87. The summed E-state index contributed by atoms with van der Waals surface area (Å²) in [5, 5.41) is 3.85. The summed E-state index contributed by atoms with van der Waals surface area (Å²) >= 11 is 0. The Labute approximate surface area is 225 Å². The van der Waals surface area contributed by atoms with Gasteiger partial charge in [-0.1, -0.05) is 72.8 Å². The number of hydrogen-bond acceptors (Lipinski definition) is 2. The second kappa shape index (κ2) is 11.6. The fourth-order valence-electron chi connectivity index (χ4n) is 4.94. The summed E-state index contributed by atoms with van der Waals surface area (Å²) in [6.07, 6.45) is -0.220. The van der Waals surface area contributed by atoms with Crippen molar-refractivity contribution in [2.45, 2.75) is 31.5 Å². The van der Waals surface area contributed by atoms with Gasteiger partial charge in [0.2, 0.25) is 5.91 Å². The minimum atomic E-state index is -4.48. The first kappa shape index (κ1) is 26.2. The number of halogens is 3. The van der Waals surface area contributed by atoms with Crippen LogP contribution in [0, 0.1) is 0 Å². The van der Waals surface area contributed by atoms with Crippen molar-refractivity contribution in [3.8, 4) is 0 Å². The van der Waals surface area contributed by atoms with Crippen molar-refractivity contribution in [1.29, 1.82) is 0 Å². The first-order chi connectivity index (χ1) is 18.9. The Bertz CT molecular complexity index is 1550. The standard InChI is InChI=1S/C32H28F3N3O/c33-32(34,35)25-12-8-11-24(19-25)28(20-31(39)37-18-16-26-13-6-7-17-36-26)29-22-38(21-23-9-2-1-3-10-23)30-15-5-4-14-27(29)30/h1-15,17,19,22,28H,16,18,20-21H2,(H,37,39)/t28-/m0/s1. The van der Waals surface area contributed by atoms with Crippen LogP contribution in [0.4, 0.5) is 13.2 Å². The molecular weight excluding hydrogens is 499 g/mol. The fraction of sp³-hybridized carbons (Fsp3) is 0.188. The Hall–Kier alpha value is -4.39. The van der Waals surface area contributed by atoms with Crippen LogP contribution in [0.5, 0.6) is 0 Å². The van der Waals surface area contributed by atoms with Crippen molar-refractivity contribution >= 4 is 16.8 Å². The van der Waals surface area contributed by atoms with Crippen molar-refractivity contribution in [1.82, 2.24) is 14.9 Å². The van der Waals surface area contributed by atoms with E-state index in [9.17, 15) is 18.0 Å². The molecule has 2 heterocycles. The minimum Gasteiger partial charge on any atom is -0.356 e. The SMILES string of the molecule is O=C(C[C@@H](c1cccc(C(F)(F)F)c1)c1cn(Cc2ccccc2)c2ccccc12)NCCc1ccccn1. The molecule has 1 atom stereocenters. The minimum absolute atomic E-state index is 0.0167. The van der Waals surface area contributed by atoms with Crippen LogP contribution in [0.1, 0.15) is 40.3 Å². The van der Waals surface area contributed by atoms with E-state index in [2.05, 4.69) is 14.9 Å². The molecular formula is C32H28F3N3O. The van der Waals surface area contributed by atoms with Crippen LogP contribution in [0.25, 0.3) is 10.9 Å². The van der Waals surface area contributed by atoms with Gasteiger partial charge in [0.1, 0.15) is 0 Å². The number of carbonyl (C=O) groups excluding carboxylic acids is 1. The van der Waals surface area contributed by atoms with Gasteiger partial charge in [0.05, 0.1) is 5.56 Å². The molecule has 39 heavy (non-hydrogen) atoms. The highest BCUT2D eigenvalue weighted by Gasteiger charge is 2.32. The molecule has 0 saturated carbocycles. The van der Waals surface area contributed by atoms with Crippen LogP contribution in [0.15, 0.2) is 109 Å². The number of rotatable bonds is 9. The summed E-state index contributed by atoms with van der Waals surface area (Å²) in [6, 6.07) is 28.7. The Morgan fingerprint density at radius 2 is 1.67 bits per heavy atom. The average Bonchev–Trinajstić information content (AvgIpc) is 3.30. The quantitative estimate of drug-likeness (QED) is 0.225. The first-order valence-electron chi connectivity index (χ1n) is 12.8. The summed E-state index contributed by atoms with van der Waals surface area (Å²) in [6.45, 7) is 0.994. The van der Waals surface area contributed by atoms with Crippen molar-refractivity contribution in [3.05, 3.63) is 137 Å². The topological polar surface area (TPSA) is 46.9 Å². The second-order valence-corrected chi connectivity index (χ2v) is 9.52. The number of aromatic nitrogens is 2. The summed E-state index contributed by atoms with van der Waals surface area (Å²) in [4.78, 5) is 17.4. The fourth-order valence-corrected chi connectivity index (χ4v) is 4.94. The predicted molar refractivity (Wildman–Crippen MR) is 146 cm³/mol. The number of nitrogens with zero attached hydrogens (tertiary/aromatic N) is 2. The Morgan fingerprint density at radius 3 is 2.44 bits per heavy atom. The molecule has 0 aliphatic rings. The molecule has 198 valence electrons. The van der Waals surface area contributed by atoms with Gasteiger partial charge in [-0.05, 0) is 41.0 Å². The number of fused-ring (bicyclic) bond motifs is 1. The van der Waals surface area contributed by atoms with Gasteiger partial charge < -0.3 is 9.88 Å². The van der Waals surface area contributed by atoms with E-state index in [-0.39, 0.29) is 12.3 Å². The zero-order chi connectivity index (χ0) is 27.2. The highest BCUT2D eigenvalue weighted by molar-refractivity contribution is 5.87. The molecule has 5 aromatic rings. The number of hydrogen-bond donors (Lipinski definition) is 1. The van der Waals surface area contributed by atoms with E-state index in [1.807, 2.05) is 79.0 Å². The Morgan fingerprint density at radius 1 is 0.897 bits per heavy atom. The van der Waals surface area contributed by atoms with Crippen LogP contribution in [-0.4, -0.2) is 22.0 Å². The number of amides is 1. The van der Waals surface area contributed by atoms with Crippen LogP contribution < -0.4 is 5.32 Å². The van der Waals surface area contributed by atoms with Crippen LogP contribution >= 0.6 is 0 Å². The highest BCUT2D eigenvalue weighted by atomic mass is 19.4. The molecule has 0 saturated heterocycles. The van der Waals surface area contributed by atoms with Gasteiger partial charge in [0.15, 0.2) is 0 Å². The normalized spacial score (nSPS) is 12.4. The van der Waals surface area contributed by atoms with E-state index >= 15 is 0 Å². The molecule has 0 radical (unpaired) electrons. The van der Waals surface area contributed by atoms with Gasteiger partial charge in [-0.3, -0.25) is 9.78 Å². The van der Waals surface area contributed by atoms with Crippen molar-refractivity contribution in [2.24, 2.45) is 0 Å². The number of benzene rings is 3. The summed E-state index contributed by atoms with van der Waals surface area (Å²) < 4.78 is 43.0. The van der Waals surface area contributed by atoms with Crippen LogP contribution in [0.3, 0.4) is 0 Å². The molecule has 5 rings (SSSR count). The molecule has 0 fully saturated rings. The number of para-hydroxylation sites is 1. The maximum absolute atomic E-state index is 13.6. The average molecular weight is 528 g/mol. The molecule has 1 N–H and O–H groups in total. The lowest BCUT2D eigenvalue weighted by Crippen LogP contribution is -2.27. The summed E-state index contributed by atoms with van der Waals surface area (Å²) in [5.74, 6) is -0.794. The lowest BCUT2D eigenvalue weighted by Gasteiger charge is -2.19. The van der Waals surface area contributed by atoms with Gasteiger partial charge >= 0.3 is 6.18 Å². The molecule has 0 aliphatic carbocycles. The first-order valence-corrected chi connectivity index (χ1v) is 12.8. The van der Waals surface area contributed by atoms with Gasteiger partial charge in [-0.2, -0.15) is 13.2 Å². The van der Waals surface area contributed by atoms with E-state index < -0.39 is 17.7 Å².